The van der Waals surface area contributed by atoms with Crippen molar-refractivity contribution < 1.29 is 22.7 Å². The second kappa shape index (κ2) is 7.53. The van der Waals surface area contributed by atoms with Crippen LogP contribution in [0.3, 0.4) is 0 Å². The second-order valence-corrected chi connectivity index (χ2v) is 8.95. The van der Waals surface area contributed by atoms with Crippen LogP contribution in [0.5, 0.6) is 11.5 Å². The highest BCUT2D eigenvalue weighted by Gasteiger charge is 2.29. The standard InChI is InChI=1S/C22H22N2O5S/c1-28-21-12-17-19(13-22(21)29-2)24-10-4-5-18(24)16(11-20(17)25)14-6-8-15(9-7-14)23-30(3,26)27/h4-10,12-13,16,23H,11H2,1-3H3. The van der Waals surface area contributed by atoms with Crippen molar-refractivity contribution in [3.05, 3.63) is 71.5 Å². The van der Waals surface area contributed by atoms with E-state index in [1.54, 1.807) is 32.4 Å². The lowest BCUT2D eigenvalue weighted by molar-refractivity contribution is 0.0979. The van der Waals surface area contributed by atoms with E-state index in [1.165, 1.54) is 0 Å². The number of aromatic nitrogens is 1. The van der Waals surface area contributed by atoms with Crippen molar-refractivity contribution in [3.8, 4) is 17.2 Å². The molecule has 0 bridgehead atoms. The molecular formula is C22H22N2O5S. The lowest BCUT2D eigenvalue weighted by Crippen LogP contribution is -2.10. The van der Waals surface area contributed by atoms with Gasteiger partial charge in [-0.05, 0) is 35.9 Å². The molecule has 4 rings (SSSR count). The van der Waals surface area contributed by atoms with Gasteiger partial charge in [-0.1, -0.05) is 12.1 Å². The molecule has 1 aliphatic heterocycles. The van der Waals surface area contributed by atoms with E-state index in [9.17, 15) is 13.2 Å². The topological polar surface area (TPSA) is 86.6 Å². The lowest BCUT2D eigenvalue weighted by atomic mass is 9.90. The minimum absolute atomic E-state index is 0.00186. The Morgan fingerprint density at radius 3 is 2.33 bits per heavy atom. The van der Waals surface area contributed by atoms with Gasteiger partial charge in [0.1, 0.15) is 0 Å². The molecule has 1 N–H and O–H groups in total. The predicted octanol–water partition coefficient (Wildman–Crippen LogP) is 3.58. The Morgan fingerprint density at radius 2 is 1.70 bits per heavy atom. The molecule has 0 saturated carbocycles. The van der Waals surface area contributed by atoms with Gasteiger partial charge in [0, 0.05) is 41.5 Å². The molecule has 1 unspecified atom stereocenters. The summed E-state index contributed by atoms with van der Waals surface area (Å²) < 4.78 is 38.2. The van der Waals surface area contributed by atoms with Crippen molar-refractivity contribution in [3.63, 3.8) is 0 Å². The summed E-state index contributed by atoms with van der Waals surface area (Å²) in [6, 6.07) is 14.6. The van der Waals surface area contributed by atoms with E-state index in [0.29, 0.717) is 22.7 Å². The van der Waals surface area contributed by atoms with Crippen molar-refractivity contribution in [2.45, 2.75) is 12.3 Å². The molecule has 0 radical (unpaired) electrons. The predicted molar refractivity (Wildman–Crippen MR) is 115 cm³/mol. The van der Waals surface area contributed by atoms with Gasteiger partial charge in [-0.25, -0.2) is 8.42 Å². The molecule has 156 valence electrons. The van der Waals surface area contributed by atoms with Gasteiger partial charge in [-0.3, -0.25) is 9.52 Å². The number of ether oxygens (including phenoxy) is 2. The van der Waals surface area contributed by atoms with E-state index in [2.05, 4.69) is 4.72 Å². The number of rotatable bonds is 5. The summed E-state index contributed by atoms with van der Waals surface area (Å²) >= 11 is 0. The maximum absolute atomic E-state index is 13.2. The number of hydrogen-bond donors (Lipinski definition) is 1. The zero-order chi connectivity index (χ0) is 21.5. The Labute approximate surface area is 175 Å². The summed E-state index contributed by atoms with van der Waals surface area (Å²) in [7, 11) is -0.244. The number of benzene rings is 2. The third-order valence-corrected chi connectivity index (χ3v) is 5.81. The summed E-state index contributed by atoms with van der Waals surface area (Å²) in [6.07, 6.45) is 3.31. The number of nitrogens with one attached hydrogen (secondary N) is 1. The van der Waals surface area contributed by atoms with Crippen LogP contribution in [-0.2, 0) is 10.0 Å². The molecule has 2 aromatic carbocycles. The van der Waals surface area contributed by atoms with Gasteiger partial charge in [0.25, 0.3) is 0 Å². The number of nitrogens with zero attached hydrogens (tertiary/aromatic N) is 1. The van der Waals surface area contributed by atoms with Gasteiger partial charge in [0.05, 0.1) is 26.2 Å². The number of hydrogen-bond acceptors (Lipinski definition) is 5. The number of carbonyl (C=O) groups excluding carboxylic acids is 1. The summed E-state index contributed by atoms with van der Waals surface area (Å²) in [5.41, 5.74) is 3.69. The molecule has 30 heavy (non-hydrogen) atoms. The Morgan fingerprint density at radius 1 is 1.03 bits per heavy atom. The first-order chi connectivity index (χ1) is 14.3. The lowest BCUT2D eigenvalue weighted by Gasteiger charge is -2.17. The van der Waals surface area contributed by atoms with Crippen LogP contribution in [0.4, 0.5) is 5.69 Å². The van der Waals surface area contributed by atoms with Crippen LogP contribution in [0.15, 0.2) is 54.7 Å². The maximum atomic E-state index is 13.2. The fraction of sp³-hybridized carbons (Fsp3) is 0.227. The molecule has 0 amide bonds. The third-order valence-electron chi connectivity index (χ3n) is 5.20. The average molecular weight is 426 g/mol. The first-order valence-electron chi connectivity index (χ1n) is 9.35. The maximum Gasteiger partial charge on any atom is 0.229 e. The smallest absolute Gasteiger partial charge is 0.229 e. The summed E-state index contributed by atoms with van der Waals surface area (Å²) in [5, 5.41) is 0. The van der Waals surface area contributed by atoms with Crippen LogP contribution in [-0.4, -0.2) is 39.2 Å². The van der Waals surface area contributed by atoms with Crippen molar-refractivity contribution in [2.75, 3.05) is 25.2 Å². The normalized spacial score (nSPS) is 15.7. The van der Waals surface area contributed by atoms with Gasteiger partial charge < -0.3 is 14.0 Å². The molecule has 2 heterocycles. The number of Topliss-reactive ketones (excluding diaryl/α,β-unsaturated/α-hetero) is 1. The number of ketones is 1. The zero-order valence-corrected chi connectivity index (χ0v) is 17.7. The van der Waals surface area contributed by atoms with Crippen LogP contribution >= 0.6 is 0 Å². The molecular weight excluding hydrogens is 404 g/mol. The van der Waals surface area contributed by atoms with E-state index < -0.39 is 10.0 Å². The average Bonchev–Trinajstić information content (AvgIpc) is 3.16. The van der Waals surface area contributed by atoms with Crippen molar-refractivity contribution in [1.82, 2.24) is 4.57 Å². The highest BCUT2D eigenvalue weighted by atomic mass is 32.2. The highest BCUT2D eigenvalue weighted by Crippen LogP contribution is 2.40. The van der Waals surface area contributed by atoms with Gasteiger partial charge in [-0.2, -0.15) is 0 Å². The van der Waals surface area contributed by atoms with Gasteiger partial charge in [0.2, 0.25) is 10.0 Å². The van der Waals surface area contributed by atoms with E-state index in [1.807, 2.05) is 41.1 Å². The highest BCUT2D eigenvalue weighted by molar-refractivity contribution is 7.92. The largest absolute Gasteiger partial charge is 0.493 e. The summed E-state index contributed by atoms with van der Waals surface area (Å²) in [5.74, 6) is 0.883. The summed E-state index contributed by atoms with van der Waals surface area (Å²) in [6.45, 7) is 0. The quantitative estimate of drug-likeness (QED) is 0.674. The van der Waals surface area contributed by atoms with E-state index in [-0.39, 0.29) is 18.1 Å². The van der Waals surface area contributed by atoms with Gasteiger partial charge >= 0.3 is 0 Å². The van der Waals surface area contributed by atoms with E-state index in [0.717, 1.165) is 23.2 Å². The molecule has 0 aliphatic carbocycles. The minimum atomic E-state index is -3.35. The molecule has 0 spiro atoms. The number of anilines is 1. The van der Waals surface area contributed by atoms with Crippen LogP contribution in [0.1, 0.15) is 34.0 Å². The number of carbonyl (C=O) groups is 1. The van der Waals surface area contributed by atoms with E-state index >= 15 is 0 Å². The molecule has 3 aromatic rings. The Balaban J connectivity index is 1.79. The molecule has 1 aromatic heterocycles. The second-order valence-electron chi connectivity index (χ2n) is 7.20. The van der Waals surface area contributed by atoms with Crippen molar-refractivity contribution in [1.29, 1.82) is 0 Å². The number of methoxy groups -OCH3 is 2. The van der Waals surface area contributed by atoms with Crippen LogP contribution in [0.2, 0.25) is 0 Å². The molecule has 0 saturated heterocycles. The van der Waals surface area contributed by atoms with Gasteiger partial charge in [0.15, 0.2) is 17.3 Å². The minimum Gasteiger partial charge on any atom is -0.493 e. The van der Waals surface area contributed by atoms with Gasteiger partial charge in [-0.15, -0.1) is 0 Å². The van der Waals surface area contributed by atoms with Crippen LogP contribution < -0.4 is 14.2 Å². The van der Waals surface area contributed by atoms with E-state index in [4.69, 9.17) is 9.47 Å². The molecule has 7 nitrogen and oxygen atoms in total. The SMILES string of the molecule is COc1cc2c(cc1OC)-n1cccc1C(c1ccc(NS(C)(=O)=O)cc1)CC2=O. The first kappa shape index (κ1) is 20.0. The summed E-state index contributed by atoms with van der Waals surface area (Å²) in [4.78, 5) is 13.2. The molecule has 0 fully saturated rings. The molecule has 1 atom stereocenters. The Bertz CT molecular complexity index is 1210. The Kier molecular flexibility index (Phi) is 5.03. The number of fused-ring (bicyclic) bond motifs is 3. The fourth-order valence-electron chi connectivity index (χ4n) is 3.87. The van der Waals surface area contributed by atoms with Crippen molar-refractivity contribution in [2.24, 2.45) is 0 Å². The first-order valence-corrected chi connectivity index (χ1v) is 11.2. The third kappa shape index (κ3) is 3.66. The fourth-order valence-corrected chi connectivity index (χ4v) is 4.44. The van der Waals surface area contributed by atoms with Crippen molar-refractivity contribution >= 4 is 21.5 Å². The van der Waals surface area contributed by atoms with Crippen LogP contribution in [0.25, 0.3) is 5.69 Å². The molecule has 8 heteroatoms. The monoisotopic (exact) mass is 426 g/mol. The van der Waals surface area contributed by atoms with Crippen LogP contribution in [0, 0.1) is 0 Å². The number of sulfonamides is 1. The Hall–Kier alpha value is -3.26. The zero-order valence-electron chi connectivity index (χ0n) is 16.9. The molecule has 1 aliphatic rings.